The molecule has 0 fully saturated rings. The van der Waals surface area contributed by atoms with Crippen molar-refractivity contribution in [3.05, 3.63) is 12.7 Å². The largest absolute Gasteiger partial charge is 0.396 e. The van der Waals surface area contributed by atoms with Crippen molar-refractivity contribution in [2.75, 3.05) is 6.61 Å². The van der Waals surface area contributed by atoms with Crippen LogP contribution in [0.5, 0.6) is 0 Å². The number of aliphatic hydroxyl groups is 1. The van der Waals surface area contributed by atoms with Gasteiger partial charge in [0.15, 0.2) is 0 Å². The molecule has 0 rings (SSSR count). The van der Waals surface area contributed by atoms with E-state index < -0.39 is 0 Å². The first-order valence-electron chi connectivity index (χ1n) is 2.78. The molecule has 0 saturated carbocycles. The van der Waals surface area contributed by atoms with Gasteiger partial charge in [0.25, 0.3) is 0 Å². The Labute approximate surface area is 50.0 Å². The second-order valence-electron chi connectivity index (χ2n) is 1.80. The highest BCUT2D eigenvalue weighted by Gasteiger charge is 1.95. The summed E-state index contributed by atoms with van der Waals surface area (Å²) in [7, 11) is 0. The van der Waals surface area contributed by atoms with Crippen molar-refractivity contribution in [3.63, 3.8) is 0 Å². The van der Waals surface area contributed by atoms with Gasteiger partial charge >= 0.3 is 0 Å². The van der Waals surface area contributed by atoms with E-state index in [9.17, 15) is 0 Å². The van der Waals surface area contributed by atoms with Gasteiger partial charge < -0.3 is 10.8 Å². The molecule has 0 aliphatic rings. The van der Waals surface area contributed by atoms with E-state index in [0.717, 1.165) is 6.42 Å². The van der Waals surface area contributed by atoms with Gasteiger partial charge in [-0.2, -0.15) is 0 Å². The molecule has 0 amide bonds. The van der Waals surface area contributed by atoms with E-state index in [0.29, 0.717) is 6.42 Å². The second-order valence-corrected chi connectivity index (χ2v) is 1.80. The third-order valence-corrected chi connectivity index (χ3v) is 0.969. The molecule has 0 aromatic rings. The minimum absolute atomic E-state index is 0.0949. The maximum atomic E-state index is 8.35. The summed E-state index contributed by atoms with van der Waals surface area (Å²) in [6.07, 6.45) is 3.23. The predicted molar refractivity (Wildman–Crippen MR) is 34.5 cm³/mol. The van der Waals surface area contributed by atoms with Crippen LogP contribution < -0.4 is 5.73 Å². The van der Waals surface area contributed by atoms with Gasteiger partial charge in [-0.3, -0.25) is 0 Å². The first-order valence-corrected chi connectivity index (χ1v) is 2.78. The van der Waals surface area contributed by atoms with E-state index >= 15 is 0 Å². The van der Waals surface area contributed by atoms with E-state index in [1.807, 2.05) is 0 Å². The standard InChI is InChI=1S/C6H13NO/c1-2-3-6(7)4-5-8/h2,6,8H,1,3-5,7H2/t6-/m1/s1. The molecule has 48 valence electrons. The van der Waals surface area contributed by atoms with E-state index in [1.165, 1.54) is 0 Å². The molecule has 0 unspecified atom stereocenters. The molecule has 0 aliphatic heterocycles. The van der Waals surface area contributed by atoms with Gasteiger partial charge in [-0.15, -0.1) is 6.58 Å². The fraction of sp³-hybridized carbons (Fsp3) is 0.667. The van der Waals surface area contributed by atoms with Gasteiger partial charge in [0.1, 0.15) is 0 Å². The van der Waals surface area contributed by atoms with Gasteiger partial charge in [0.05, 0.1) is 0 Å². The van der Waals surface area contributed by atoms with Crippen LogP contribution in [0.15, 0.2) is 12.7 Å². The lowest BCUT2D eigenvalue weighted by atomic mass is 10.2. The fourth-order valence-corrected chi connectivity index (χ4v) is 0.498. The first kappa shape index (κ1) is 7.66. The normalized spacial score (nSPS) is 13.2. The van der Waals surface area contributed by atoms with Crippen LogP contribution in [0.3, 0.4) is 0 Å². The van der Waals surface area contributed by atoms with Crippen molar-refractivity contribution in [2.45, 2.75) is 18.9 Å². The quantitative estimate of drug-likeness (QED) is 0.517. The lowest BCUT2D eigenvalue weighted by Gasteiger charge is -2.03. The zero-order valence-corrected chi connectivity index (χ0v) is 5.01. The van der Waals surface area contributed by atoms with Crippen molar-refractivity contribution in [1.82, 2.24) is 0 Å². The summed E-state index contributed by atoms with van der Waals surface area (Å²) in [5, 5.41) is 8.35. The third-order valence-electron chi connectivity index (χ3n) is 0.969. The summed E-state index contributed by atoms with van der Waals surface area (Å²) in [4.78, 5) is 0. The minimum atomic E-state index is 0.0949. The third kappa shape index (κ3) is 3.84. The van der Waals surface area contributed by atoms with Gasteiger partial charge in [-0.05, 0) is 12.8 Å². The summed E-state index contributed by atoms with van der Waals surface area (Å²) in [5.41, 5.74) is 5.46. The Balaban J connectivity index is 3.03. The molecule has 1 atom stereocenters. The van der Waals surface area contributed by atoms with Crippen LogP contribution in [0.4, 0.5) is 0 Å². The summed E-state index contributed by atoms with van der Waals surface area (Å²) in [6.45, 7) is 3.70. The molecule has 0 spiro atoms. The zero-order chi connectivity index (χ0) is 6.41. The maximum Gasteiger partial charge on any atom is 0.0445 e. The van der Waals surface area contributed by atoms with Crippen LogP contribution in [0.25, 0.3) is 0 Å². The Hall–Kier alpha value is -0.340. The lowest BCUT2D eigenvalue weighted by molar-refractivity contribution is 0.276. The van der Waals surface area contributed by atoms with Crippen LogP contribution in [0.2, 0.25) is 0 Å². The molecule has 0 bridgehead atoms. The number of aliphatic hydroxyl groups excluding tert-OH is 1. The van der Waals surface area contributed by atoms with E-state index in [2.05, 4.69) is 6.58 Å². The van der Waals surface area contributed by atoms with Crippen LogP contribution in [0, 0.1) is 0 Å². The molecule has 0 heterocycles. The summed E-state index contributed by atoms with van der Waals surface area (Å²) in [6, 6.07) is 0.0949. The number of nitrogens with two attached hydrogens (primary N) is 1. The van der Waals surface area contributed by atoms with E-state index in [1.54, 1.807) is 6.08 Å². The van der Waals surface area contributed by atoms with Crippen molar-refractivity contribution in [1.29, 1.82) is 0 Å². The summed E-state index contributed by atoms with van der Waals surface area (Å²) >= 11 is 0. The molecule has 2 nitrogen and oxygen atoms in total. The lowest BCUT2D eigenvalue weighted by Crippen LogP contribution is -2.19. The Morgan fingerprint density at radius 2 is 2.38 bits per heavy atom. The monoisotopic (exact) mass is 115 g/mol. The minimum Gasteiger partial charge on any atom is -0.396 e. The zero-order valence-electron chi connectivity index (χ0n) is 5.01. The molecule has 0 aromatic heterocycles. The van der Waals surface area contributed by atoms with Gasteiger partial charge in [0, 0.05) is 12.6 Å². The average Bonchev–Trinajstić information content (AvgIpc) is 1.68. The Morgan fingerprint density at radius 3 is 2.75 bits per heavy atom. The Kier molecular flexibility index (Phi) is 4.61. The highest BCUT2D eigenvalue weighted by Crippen LogP contribution is 1.92. The maximum absolute atomic E-state index is 8.35. The SMILES string of the molecule is C=CC[C@@H](N)CCO. The molecule has 0 aliphatic carbocycles. The number of hydrogen-bond donors (Lipinski definition) is 2. The molecular weight excluding hydrogens is 102 g/mol. The van der Waals surface area contributed by atoms with Crippen LogP contribution in [-0.2, 0) is 0 Å². The number of rotatable bonds is 4. The molecule has 8 heavy (non-hydrogen) atoms. The Bertz CT molecular complexity index is 63.5. The van der Waals surface area contributed by atoms with Crippen molar-refractivity contribution >= 4 is 0 Å². The van der Waals surface area contributed by atoms with Crippen LogP contribution in [-0.4, -0.2) is 17.8 Å². The van der Waals surface area contributed by atoms with Gasteiger partial charge in [0.2, 0.25) is 0 Å². The first-order chi connectivity index (χ1) is 3.81. The molecule has 2 heteroatoms. The van der Waals surface area contributed by atoms with Gasteiger partial charge in [-0.25, -0.2) is 0 Å². The van der Waals surface area contributed by atoms with Crippen LogP contribution in [0.1, 0.15) is 12.8 Å². The van der Waals surface area contributed by atoms with E-state index in [4.69, 9.17) is 10.8 Å². The molecule has 3 N–H and O–H groups in total. The topological polar surface area (TPSA) is 46.2 Å². The van der Waals surface area contributed by atoms with Crippen molar-refractivity contribution in [2.24, 2.45) is 5.73 Å². The Morgan fingerprint density at radius 1 is 1.75 bits per heavy atom. The van der Waals surface area contributed by atoms with Gasteiger partial charge in [-0.1, -0.05) is 6.08 Å². The summed E-state index contributed by atoms with van der Waals surface area (Å²) < 4.78 is 0. The second kappa shape index (κ2) is 4.81. The smallest absolute Gasteiger partial charge is 0.0445 e. The number of hydrogen-bond acceptors (Lipinski definition) is 2. The average molecular weight is 115 g/mol. The highest BCUT2D eigenvalue weighted by atomic mass is 16.3. The van der Waals surface area contributed by atoms with E-state index in [-0.39, 0.29) is 12.6 Å². The van der Waals surface area contributed by atoms with Crippen molar-refractivity contribution in [3.8, 4) is 0 Å². The fourth-order valence-electron chi connectivity index (χ4n) is 0.498. The molecule has 0 aromatic carbocycles. The molecule has 0 radical (unpaired) electrons. The van der Waals surface area contributed by atoms with Crippen molar-refractivity contribution < 1.29 is 5.11 Å². The molecular formula is C6H13NO. The highest BCUT2D eigenvalue weighted by molar-refractivity contribution is 4.74. The molecule has 0 saturated heterocycles. The summed E-state index contributed by atoms with van der Waals surface area (Å²) in [5.74, 6) is 0. The van der Waals surface area contributed by atoms with Crippen LogP contribution >= 0.6 is 0 Å². The predicted octanol–water partition coefficient (Wildman–Crippen LogP) is 0.272.